The zero-order chi connectivity index (χ0) is 23.2. The van der Waals surface area contributed by atoms with E-state index >= 15 is 0 Å². The van der Waals surface area contributed by atoms with Crippen LogP contribution in [-0.2, 0) is 0 Å². The number of rotatable bonds is 3. The SMILES string of the molecule is CN1CCN(c2nc3ccc(OC(=O)c4cc5c(ccc6ccccc65)oc4=O)cc3s2)CC1. The Kier molecular flexibility index (Phi) is 5.04. The first-order valence-corrected chi connectivity index (χ1v) is 11.9. The van der Waals surface area contributed by atoms with Gasteiger partial charge in [0, 0.05) is 37.6 Å². The second kappa shape index (κ2) is 8.23. The van der Waals surface area contributed by atoms with Crippen molar-refractivity contribution in [1.82, 2.24) is 9.88 Å². The summed E-state index contributed by atoms with van der Waals surface area (Å²) in [6, 6.07) is 18.3. The number of carbonyl (C=O) groups excluding carboxylic acids is 1. The number of carbonyl (C=O) groups is 1. The van der Waals surface area contributed by atoms with Gasteiger partial charge in [-0.2, -0.15) is 0 Å². The highest BCUT2D eigenvalue weighted by Crippen LogP contribution is 2.32. The number of nitrogens with zero attached hydrogens (tertiary/aromatic N) is 3. The summed E-state index contributed by atoms with van der Waals surface area (Å²) < 4.78 is 11.9. The Morgan fingerprint density at radius 2 is 1.82 bits per heavy atom. The van der Waals surface area contributed by atoms with Crippen LogP contribution in [0.4, 0.5) is 5.13 Å². The molecular formula is C26H21N3O4S. The van der Waals surface area contributed by atoms with Crippen LogP contribution in [0.2, 0.25) is 0 Å². The van der Waals surface area contributed by atoms with Gasteiger partial charge in [0.2, 0.25) is 0 Å². The lowest BCUT2D eigenvalue weighted by Crippen LogP contribution is -2.44. The van der Waals surface area contributed by atoms with Crippen molar-refractivity contribution in [1.29, 1.82) is 0 Å². The number of hydrogen-bond acceptors (Lipinski definition) is 8. The van der Waals surface area contributed by atoms with E-state index in [1.807, 2.05) is 36.4 Å². The molecule has 0 amide bonds. The third kappa shape index (κ3) is 3.70. The summed E-state index contributed by atoms with van der Waals surface area (Å²) in [7, 11) is 2.12. The quantitative estimate of drug-likeness (QED) is 0.166. The molecule has 8 heteroatoms. The number of fused-ring (bicyclic) bond motifs is 4. The fraction of sp³-hybridized carbons (Fsp3) is 0.192. The Bertz CT molecular complexity index is 1620. The van der Waals surface area contributed by atoms with Crippen LogP contribution in [-0.4, -0.2) is 49.1 Å². The van der Waals surface area contributed by atoms with E-state index in [0.717, 1.165) is 52.3 Å². The first-order chi connectivity index (χ1) is 16.5. The third-order valence-corrected chi connectivity index (χ3v) is 7.27. The van der Waals surface area contributed by atoms with Gasteiger partial charge in [-0.05, 0) is 42.1 Å². The molecule has 1 fully saturated rings. The first kappa shape index (κ1) is 20.8. The molecule has 34 heavy (non-hydrogen) atoms. The predicted octanol–water partition coefficient (Wildman–Crippen LogP) is 4.53. The molecule has 1 aliphatic heterocycles. The summed E-state index contributed by atoms with van der Waals surface area (Å²) >= 11 is 1.57. The second-order valence-electron chi connectivity index (χ2n) is 8.45. The predicted molar refractivity (Wildman–Crippen MR) is 134 cm³/mol. The number of thiazole rings is 1. The van der Waals surface area contributed by atoms with Gasteiger partial charge in [-0.25, -0.2) is 14.6 Å². The molecule has 170 valence electrons. The lowest BCUT2D eigenvalue weighted by Gasteiger charge is -2.31. The molecule has 0 unspecified atom stereocenters. The van der Waals surface area contributed by atoms with Crippen molar-refractivity contribution in [2.45, 2.75) is 0 Å². The number of anilines is 1. The number of ether oxygens (including phenoxy) is 1. The number of benzene rings is 3. The molecule has 0 N–H and O–H groups in total. The molecule has 2 aromatic heterocycles. The number of aromatic nitrogens is 1. The van der Waals surface area contributed by atoms with E-state index in [1.165, 1.54) is 0 Å². The van der Waals surface area contributed by atoms with E-state index in [1.54, 1.807) is 35.6 Å². The van der Waals surface area contributed by atoms with Crippen molar-refractivity contribution < 1.29 is 13.9 Å². The van der Waals surface area contributed by atoms with Crippen LogP contribution in [0.3, 0.4) is 0 Å². The minimum Gasteiger partial charge on any atom is -0.423 e. The van der Waals surface area contributed by atoms with Crippen molar-refractivity contribution in [3.63, 3.8) is 0 Å². The van der Waals surface area contributed by atoms with Crippen LogP contribution in [0.15, 0.2) is 69.9 Å². The van der Waals surface area contributed by atoms with Crippen LogP contribution >= 0.6 is 11.3 Å². The normalized spacial score (nSPS) is 14.8. The van der Waals surface area contributed by atoms with Crippen molar-refractivity contribution in [3.05, 3.63) is 76.6 Å². The Morgan fingerprint density at radius 3 is 2.68 bits per heavy atom. The number of piperazine rings is 1. The molecule has 0 saturated carbocycles. The fourth-order valence-corrected chi connectivity index (χ4v) is 5.31. The molecule has 0 spiro atoms. The van der Waals surface area contributed by atoms with Crippen molar-refractivity contribution in [2.24, 2.45) is 0 Å². The van der Waals surface area contributed by atoms with Gasteiger partial charge in [0.1, 0.15) is 16.9 Å². The van der Waals surface area contributed by atoms with Gasteiger partial charge in [-0.15, -0.1) is 0 Å². The molecule has 0 radical (unpaired) electrons. The van der Waals surface area contributed by atoms with Gasteiger partial charge < -0.3 is 19.0 Å². The maximum absolute atomic E-state index is 12.9. The first-order valence-electron chi connectivity index (χ1n) is 11.1. The summed E-state index contributed by atoms with van der Waals surface area (Å²) in [5.41, 5.74) is 0.438. The summed E-state index contributed by atoms with van der Waals surface area (Å²) in [6.07, 6.45) is 0. The maximum atomic E-state index is 12.9. The van der Waals surface area contributed by atoms with E-state index in [-0.39, 0.29) is 5.56 Å². The van der Waals surface area contributed by atoms with E-state index in [0.29, 0.717) is 16.7 Å². The van der Waals surface area contributed by atoms with Crippen LogP contribution in [0, 0.1) is 0 Å². The summed E-state index contributed by atoms with van der Waals surface area (Å²) in [5.74, 6) is -0.379. The molecule has 1 aliphatic rings. The van der Waals surface area contributed by atoms with Gasteiger partial charge >= 0.3 is 11.6 Å². The van der Waals surface area contributed by atoms with Gasteiger partial charge in [-0.1, -0.05) is 41.7 Å². The smallest absolute Gasteiger partial charge is 0.351 e. The number of likely N-dealkylation sites (N-methyl/N-ethyl adjacent to an activating group) is 1. The van der Waals surface area contributed by atoms with Gasteiger partial charge in [0.05, 0.1) is 10.2 Å². The molecule has 0 aliphatic carbocycles. The van der Waals surface area contributed by atoms with E-state index in [9.17, 15) is 9.59 Å². The van der Waals surface area contributed by atoms with E-state index in [4.69, 9.17) is 14.1 Å². The second-order valence-corrected chi connectivity index (χ2v) is 9.46. The standard InChI is InChI=1S/C26H21N3O4S/c1-28-10-12-29(13-11-28)26-27-21-8-7-17(14-23(21)34-26)32-24(30)20-15-19-18-5-3-2-4-16(18)6-9-22(19)33-25(20)31/h2-9,14-15H,10-13H2,1H3. The Balaban J connectivity index is 1.30. The summed E-state index contributed by atoms with van der Waals surface area (Å²) in [4.78, 5) is 34.8. The fourth-order valence-electron chi connectivity index (χ4n) is 4.27. The minimum atomic E-state index is -0.744. The molecule has 3 aromatic carbocycles. The molecular weight excluding hydrogens is 450 g/mol. The highest BCUT2D eigenvalue weighted by molar-refractivity contribution is 7.22. The van der Waals surface area contributed by atoms with Crippen LogP contribution in [0.5, 0.6) is 5.75 Å². The zero-order valence-corrected chi connectivity index (χ0v) is 19.3. The number of esters is 1. The zero-order valence-electron chi connectivity index (χ0n) is 18.5. The van der Waals surface area contributed by atoms with Crippen LogP contribution < -0.4 is 15.3 Å². The molecule has 5 aromatic rings. The van der Waals surface area contributed by atoms with Crippen molar-refractivity contribution in [3.8, 4) is 5.75 Å². The Hall–Kier alpha value is -3.75. The lowest BCUT2D eigenvalue weighted by molar-refractivity contribution is 0.0731. The summed E-state index contributed by atoms with van der Waals surface area (Å²) in [6.45, 7) is 3.88. The molecule has 6 rings (SSSR count). The average Bonchev–Trinajstić information content (AvgIpc) is 3.27. The van der Waals surface area contributed by atoms with Gasteiger partial charge in [-0.3, -0.25) is 0 Å². The molecule has 0 atom stereocenters. The maximum Gasteiger partial charge on any atom is 0.351 e. The van der Waals surface area contributed by atoms with Gasteiger partial charge in [0.15, 0.2) is 5.13 Å². The van der Waals surface area contributed by atoms with Gasteiger partial charge in [0.25, 0.3) is 0 Å². The molecule has 3 heterocycles. The van der Waals surface area contributed by atoms with E-state index in [2.05, 4.69) is 16.8 Å². The monoisotopic (exact) mass is 471 g/mol. The van der Waals surface area contributed by atoms with E-state index < -0.39 is 11.6 Å². The molecule has 0 bridgehead atoms. The van der Waals surface area contributed by atoms with Crippen molar-refractivity contribution >= 4 is 54.4 Å². The number of hydrogen-bond donors (Lipinski definition) is 0. The molecule has 7 nitrogen and oxygen atoms in total. The highest BCUT2D eigenvalue weighted by Gasteiger charge is 2.20. The Morgan fingerprint density at radius 1 is 1.00 bits per heavy atom. The lowest BCUT2D eigenvalue weighted by atomic mass is 10.0. The third-order valence-electron chi connectivity index (χ3n) is 6.19. The van der Waals surface area contributed by atoms with Crippen LogP contribution in [0.25, 0.3) is 32.0 Å². The van der Waals surface area contributed by atoms with Crippen molar-refractivity contribution in [2.75, 3.05) is 38.1 Å². The van der Waals surface area contributed by atoms with Crippen LogP contribution in [0.1, 0.15) is 10.4 Å². The topological polar surface area (TPSA) is 75.9 Å². The molecule has 1 saturated heterocycles. The Labute approximate surface area is 198 Å². The summed E-state index contributed by atoms with van der Waals surface area (Å²) in [5, 5.41) is 3.56. The minimum absolute atomic E-state index is 0.133. The average molecular weight is 472 g/mol. The highest BCUT2D eigenvalue weighted by atomic mass is 32.1. The largest absolute Gasteiger partial charge is 0.423 e.